The maximum atomic E-state index is 13.4. The van der Waals surface area contributed by atoms with Crippen molar-refractivity contribution in [3.8, 4) is 16.9 Å². The number of hydrogen-bond donors (Lipinski definition) is 0. The predicted molar refractivity (Wildman–Crippen MR) is 133 cm³/mol. The van der Waals surface area contributed by atoms with Crippen molar-refractivity contribution in [3.63, 3.8) is 0 Å². The maximum Gasteiger partial charge on any atom is 0.267 e. The molecule has 2 aromatic heterocycles. The number of nitrogens with zero attached hydrogens (tertiary/aromatic N) is 3. The van der Waals surface area contributed by atoms with Crippen LogP contribution in [0.25, 0.3) is 21.3 Å². The molecule has 0 spiro atoms. The van der Waals surface area contributed by atoms with Gasteiger partial charge in [0, 0.05) is 28.1 Å². The number of rotatable bonds is 4. The fourth-order valence-corrected chi connectivity index (χ4v) is 5.27. The molecule has 1 amide bonds. The smallest absolute Gasteiger partial charge is 0.267 e. The third-order valence-corrected chi connectivity index (χ3v) is 7.19. The summed E-state index contributed by atoms with van der Waals surface area (Å²) in [6, 6.07) is 12.2. The molecule has 1 unspecified atom stereocenters. The molecule has 4 aromatic rings. The molecule has 0 fully saturated rings. The van der Waals surface area contributed by atoms with Gasteiger partial charge in [-0.3, -0.25) is 19.0 Å². The molecule has 7 nitrogen and oxygen atoms in total. The normalized spacial score (nSPS) is 15.4. The molecule has 1 atom stereocenters. The minimum atomic E-state index is -0.584. The predicted octanol–water partition coefficient (Wildman–Crippen LogP) is 4.71. The molecule has 0 N–H and O–H groups in total. The van der Waals surface area contributed by atoms with E-state index in [0.717, 1.165) is 16.0 Å². The molecule has 172 valence electrons. The summed E-state index contributed by atoms with van der Waals surface area (Å²) in [5.74, 6) is 0.0730. The van der Waals surface area contributed by atoms with Crippen LogP contribution in [-0.4, -0.2) is 34.4 Å². The van der Waals surface area contributed by atoms with Crippen molar-refractivity contribution in [2.75, 3.05) is 11.9 Å². The first kappa shape index (κ1) is 22.3. The number of benzene rings is 2. The summed E-state index contributed by atoms with van der Waals surface area (Å²) in [5, 5.41) is 1.10. The van der Waals surface area contributed by atoms with Crippen molar-refractivity contribution in [2.24, 2.45) is 0 Å². The van der Waals surface area contributed by atoms with Crippen LogP contribution in [0.3, 0.4) is 0 Å². The molecule has 1 aliphatic heterocycles. The Hall–Kier alpha value is -3.49. The lowest BCUT2D eigenvalue weighted by atomic mass is 10.0. The van der Waals surface area contributed by atoms with E-state index >= 15 is 0 Å². The summed E-state index contributed by atoms with van der Waals surface area (Å²) in [5.41, 5.74) is 2.29. The van der Waals surface area contributed by atoms with Crippen molar-refractivity contribution in [2.45, 2.75) is 26.5 Å². The Labute approximate surface area is 204 Å². The van der Waals surface area contributed by atoms with Gasteiger partial charge >= 0.3 is 0 Å². The molecule has 0 saturated carbocycles. The average Bonchev–Trinajstić information content (AvgIpc) is 3.16. The number of thiophene rings is 1. The van der Waals surface area contributed by atoms with Crippen LogP contribution < -0.4 is 15.2 Å². The summed E-state index contributed by atoms with van der Waals surface area (Å²) < 4.78 is 6.95. The van der Waals surface area contributed by atoms with Crippen LogP contribution in [0, 0.1) is 6.92 Å². The number of amides is 1. The van der Waals surface area contributed by atoms with Gasteiger partial charge in [-0.25, -0.2) is 4.98 Å². The second-order valence-corrected chi connectivity index (χ2v) is 9.80. The summed E-state index contributed by atoms with van der Waals surface area (Å²) in [6.45, 7) is 3.45. The largest absolute Gasteiger partial charge is 0.479 e. The molecule has 0 saturated heterocycles. The molecule has 1 aliphatic rings. The summed E-state index contributed by atoms with van der Waals surface area (Å²) in [7, 11) is 1.65. The van der Waals surface area contributed by atoms with E-state index < -0.39 is 6.10 Å². The van der Waals surface area contributed by atoms with Gasteiger partial charge in [0.2, 0.25) is 0 Å². The van der Waals surface area contributed by atoms with Gasteiger partial charge in [-0.1, -0.05) is 23.7 Å². The second-order valence-electron chi connectivity index (χ2n) is 8.16. The lowest BCUT2D eigenvalue weighted by Gasteiger charge is -2.30. The Morgan fingerprint density at radius 1 is 1.18 bits per heavy atom. The van der Waals surface area contributed by atoms with E-state index in [9.17, 15) is 14.4 Å². The standard InChI is InChI=1S/C25H20ClN3O4S/c1-13-24(31)28(3)18-10-16(6-9-20(18)33-13)19(30)11-29-12-27-23-22(25(29)32)21(14(2)34-23)15-4-7-17(26)8-5-15/h4-10,12-13H,11H2,1-3H3. The molecule has 0 aliphatic carbocycles. The van der Waals surface area contributed by atoms with Crippen molar-refractivity contribution < 1.29 is 14.3 Å². The highest BCUT2D eigenvalue weighted by Crippen LogP contribution is 2.36. The van der Waals surface area contributed by atoms with E-state index in [1.54, 1.807) is 44.3 Å². The lowest BCUT2D eigenvalue weighted by molar-refractivity contribution is -0.125. The first-order valence-corrected chi connectivity index (χ1v) is 11.8. The van der Waals surface area contributed by atoms with Crippen LogP contribution >= 0.6 is 22.9 Å². The van der Waals surface area contributed by atoms with Gasteiger partial charge in [-0.15, -0.1) is 11.3 Å². The highest BCUT2D eigenvalue weighted by atomic mass is 35.5. The van der Waals surface area contributed by atoms with Crippen molar-refractivity contribution in [1.29, 1.82) is 0 Å². The zero-order valence-electron chi connectivity index (χ0n) is 18.7. The summed E-state index contributed by atoms with van der Waals surface area (Å²) in [6.07, 6.45) is 0.822. The molecule has 5 rings (SSSR count). The quantitative estimate of drug-likeness (QED) is 0.384. The van der Waals surface area contributed by atoms with Gasteiger partial charge in [-0.05, 0) is 49.7 Å². The number of fused-ring (bicyclic) bond motifs is 2. The Morgan fingerprint density at radius 2 is 1.91 bits per heavy atom. The monoisotopic (exact) mass is 493 g/mol. The molecule has 0 bridgehead atoms. The van der Waals surface area contributed by atoms with Gasteiger partial charge < -0.3 is 9.64 Å². The van der Waals surface area contributed by atoms with Crippen molar-refractivity contribution in [3.05, 3.63) is 74.6 Å². The minimum absolute atomic E-state index is 0.176. The molecule has 34 heavy (non-hydrogen) atoms. The van der Waals surface area contributed by atoms with Gasteiger partial charge in [0.1, 0.15) is 10.6 Å². The SMILES string of the molecule is Cc1sc2ncn(CC(=O)c3ccc4c(c3)N(C)C(=O)C(C)O4)c(=O)c2c1-c1ccc(Cl)cc1. The number of Topliss-reactive ketones (excluding diaryl/α,β-unsaturated/α-hetero) is 1. The van der Waals surface area contributed by atoms with Crippen LogP contribution in [0.5, 0.6) is 5.75 Å². The maximum absolute atomic E-state index is 13.4. The number of aryl methyl sites for hydroxylation is 1. The lowest BCUT2D eigenvalue weighted by Crippen LogP contribution is -2.42. The van der Waals surface area contributed by atoms with Crippen molar-refractivity contribution in [1.82, 2.24) is 9.55 Å². The zero-order chi connectivity index (χ0) is 24.1. The van der Waals surface area contributed by atoms with Gasteiger partial charge in [-0.2, -0.15) is 0 Å². The van der Waals surface area contributed by atoms with Crippen LogP contribution in [-0.2, 0) is 11.3 Å². The van der Waals surface area contributed by atoms with Crippen LogP contribution in [0.4, 0.5) is 5.69 Å². The van der Waals surface area contributed by atoms with Crippen LogP contribution in [0.1, 0.15) is 22.2 Å². The molecular formula is C25H20ClN3O4S. The number of carbonyl (C=O) groups excluding carboxylic acids is 2. The zero-order valence-corrected chi connectivity index (χ0v) is 20.2. The Kier molecular flexibility index (Phi) is 5.50. The minimum Gasteiger partial charge on any atom is -0.479 e. The fourth-order valence-electron chi connectivity index (χ4n) is 4.15. The highest BCUT2D eigenvalue weighted by molar-refractivity contribution is 7.19. The number of carbonyl (C=O) groups is 2. The van der Waals surface area contributed by atoms with Gasteiger partial charge in [0.25, 0.3) is 11.5 Å². The van der Waals surface area contributed by atoms with E-state index in [1.165, 1.54) is 27.1 Å². The van der Waals surface area contributed by atoms with E-state index in [4.69, 9.17) is 16.3 Å². The Morgan fingerprint density at radius 3 is 2.65 bits per heavy atom. The molecule has 0 radical (unpaired) electrons. The third kappa shape index (κ3) is 3.69. The number of halogens is 1. The Bertz CT molecular complexity index is 1520. The second kappa shape index (κ2) is 8.38. The van der Waals surface area contributed by atoms with E-state index in [-0.39, 0.29) is 23.8 Å². The van der Waals surface area contributed by atoms with E-state index in [1.807, 2.05) is 19.1 Å². The molecular weight excluding hydrogens is 474 g/mol. The first-order chi connectivity index (χ1) is 16.2. The molecule has 3 heterocycles. The van der Waals surface area contributed by atoms with Crippen LogP contribution in [0.15, 0.2) is 53.6 Å². The number of ketones is 1. The number of anilines is 1. The number of aromatic nitrogens is 2. The van der Waals surface area contributed by atoms with E-state index in [2.05, 4.69) is 4.98 Å². The molecule has 2 aromatic carbocycles. The highest BCUT2D eigenvalue weighted by Gasteiger charge is 2.29. The molecule has 9 heteroatoms. The topological polar surface area (TPSA) is 81.5 Å². The van der Waals surface area contributed by atoms with Gasteiger partial charge in [0.15, 0.2) is 11.9 Å². The van der Waals surface area contributed by atoms with Crippen LogP contribution in [0.2, 0.25) is 5.02 Å². The van der Waals surface area contributed by atoms with Crippen molar-refractivity contribution >= 4 is 50.5 Å². The Balaban J connectivity index is 1.51. The number of hydrogen-bond acceptors (Lipinski definition) is 6. The first-order valence-electron chi connectivity index (χ1n) is 10.6. The summed E-state index contributed by atoms with van der Waals surface area (Å²) in [4.78, 5) is 46.3. The van der Waals surface area contributed by atoms with E-state index in [0.29, 0.717) is 32.2 Å². The third-order valence-electron chi connectivity index (χ3n) is 5.93. The summed E-state index contributed by atoms with van der Waals surface area (Å²) >= 11 is 7.47. The number of ether oxygens (including phenoxy) is 1. The number of likely N-dealkylation sites (N-methyl/N-ethyl adjacent to an activating group) is 1. The fraction of sp³-hybridized carbons (Fsp3) is 0.200. The average molecular weight is 494 g/mol. The van der Waals surface area contributed by atoms with Gasteiger partial charge in [0.05, 0.1) is 23.9 Å².